The Morgan fingerprint density at radius 2 is 2.43 bits per heavy atom. The Balaban J connectivity index is 1.92. The molecule has 14 heavy (non-hydrogen) atoms. The highest BCUT2D eigenvalue weighted by Crippen LogP contribution is 2.28. The summed E-state index contributed by atoms with van der Waals surface area (Å²) < 4.78 is 5.03. The molecule has 0 atom stereocenters. The summed E-state index contributed by atoms with van der Waals surface area (Å²) in [6, 6.07) is 2.03. The molecular weight excluding hydrogens is 236 g/mol. The zero-order chi connectivity index (χ0) is 9.80. The maximum absolute atomic E-state index is 4.04. The van der Waals surface area contributed by atoms with Crippen LogP contribution >= 0.6 is 34.6 Å². The van der Waals surface area contributed by atoms with Gasteiger partial charge in [0, 0.05) is 23.9 Å². The lowest BCUT2D eigenvalue weighted by atomic mass is 10.6. The van der Waals surface area contributed by atoms with Crippen LogP contribution in [0.4, 0.5) is 5.13 Å². The minimum Gasteiger partial charge on any atom is -0.363 e. The van der Waals surface area contributed by atoms with Crippen LogP contribution in [-0.2, 0) is 5.75 Å². The molecule has 0 amide bonds. The average Bonchev–Trinajstić information content (AvgIpc) is 2.86. The van der Waals surface area contributed by atoms with Gasteiger partial charge in [0.15, 0.2) is 4.34 Å². The smallest absolute Gasteiger partial charge is 0.206 e. The van der Waals surface area contributed by atoms with Crippen molar-refractivity contribution in [3.8, 4) is 0 Å². The molecule has 0 aliphatic rings. The van der Waals surface area contributed by atoms with E-state index in [0.29, 0.717) is 0 Å². The van der Waals surface area contributed by atoms with Gasteiger partial charge in [-0.2, -0.15) is 0 Å². The first-order chi connectivity index (χ1) is 6.88. The fourth-order valence-electron chi connectivity index (χ4n) is 0.819. The van der Waals surface area contributed by atoms with E-state index in [1.807, 2.05) is 19.3 Å². The lowest BCUT2D eigenvalue weighted by Gasteiger charge is -1.90. The average molecular weight is 244 g/mol. The molecular formula is C7H8N4S3. The van der Waals surface area contributed by atoms with Crippen LogP contribution in [0.2, 0.25) is 0 Å². The Morgan fingerprint density at radius 3 is 3.07 bits per heavy atom. The molecule has 2 aromatic rings. The third-order valence-electron chi connectivity index (χ3n) is 1.45. The van der Waals surface area contributed by atoms with Crippen LogP contribution in [0.5, 0.6) is 0 Å². The molecule has 7 heteroatoms. The van der Waals surface area contributed by atoms with Crippen LogP contribution in [-0.4, -0.2) is 21.6 Å². The van der Waals surface area contributed by atoms with Crippen LogP contribution in [0.15, 0.2) is 16.6 Å². The van der Waals surface area contributed by atoms with Gasteiger partial charge >= 0.3 is 0 Å². The highest BCUT2D eigenvalue weighted by atomic mass is 32.2. The summed E-state index contributed by atoms with van der Waals surface area (Å²) in [6.45, 7) is 0. The van der Waals surface area contributed by atoms with Gasteiger partial charge in [0.05, 0.1) is 0 Å². The van der Waals surface area contributed by atoms with E-state index in [1.54, 1.807) is 23.1 Å². The first-order valence-electron chi connectivity index (χ1n) is 3.92. The van der Waals surface area contributed by atoms with Crippen molar-refractivity contribution in [1.29, 1.82) is 0 Å². The van der Waals surface area contributed by atoms with Crippen LogP contribution in [0, 0.1) is 0 Å². The summed E-state index contributed by atoms with van der Waals surface area (Å²) in [6.07, 6.45) is 1.82. The zero-order valence-electron chi connectivity index (χ0n) is 7.43. The van der Waals surface area contributed by atoms with Gasteiger partial charge in [-0.25, -0.2) is 4.37 Å². The molecule has 0 spiro atoms. The molecule has 1 N–H and O–H groups in total. The molecule has 2 rings (SSSR count). The van der Waals surface area contributed by atoms with Crippen molar-refractivity contribution < 1.29 is 0 Å². The summed E-state index contributed by atoms with van der Waals surface area (Å²) in [5, 5.41) is 11.8. The van der Waals surface area contributed by atoms with Gasteiger partial charge in [-0.3, -0.25) is 0 Å². The van der Waals surface area contributed by atoms with Gasteiger partial charge in [0.25, 0.3) is 0 Å². The van der Waals surface area contributed by atoms with E-state index in [9.17, 15) is 0 Å². The highest BCUT2D eigenvalue weighted by molar-refractivity contribution is 8.00. The van der Waals surface area contributed by atoms with E-state index < -0.39 is 0 Å². The second kappa shape index (κ2) is 4.72. The molecule has 0 bridgehead atoms. The number of anilines is 1. The number of hydrogen-bond acceptors (Lipinski definition) is 7. The first-order valence-corrected chi connectivity index (χ1v) is 6.49. The fourth-order valence-corrected chi connectivity index (χ4v) is 3.13. The van der Waals surface area contributed by atoms with Crippen LogP contribution in [0.3, 0.4) is 0 Å². The van der Waals surface area contributed by atoms with Crippen molar-refractivity contribution in [2.45, 2.75) is 10.1 Å². The van der Waals surface area contributed by atoms with E-state index in [4.69, 9.17) is 0 Å². The number of nitrogens with one attached hydrogen (secondary N) is 1. The van der Waals surface area contributed by atoms with Gasteiger partial charge in [-0.1, -0.05) is 23.1 Å². The van der Waals surface area contributed by atoms with E-state index in [0.717, 1.165) is 15.2 Å². The number of hydrogen-bond donors (Lipinski definition) is 1. The first kappa shape index (κ1) is 9.88. The van der Waals surface area contributed by atoms with Crippen molar-refractivity contribution >= 4 is 39.8 Å². The van der Waals surface area contributed by atoms with Crippen molar-refractivity contribution in [1.82, 2.24) is 14.6 Å². The van der Waals surface area contributed by atoms with Crippen LogP contribution < -0.4 is 5.32 Å². The third kappa shape index (κ3) is 2.43. The summed E-state index contributed by atoms with van der Waals surface area (Å²) in [5.74, 6) is 0.920. The predicted molar refractivity (Wildman–Crippen MR) is 61.1 cm³/mol. The molecule has 2 aromatic heterocycles. The molecule has 4 nitrogen and oxygen atoms in total. The minimum atomic E-state index is 0.858. The number of nitrogens with zero attached hydrogens (tertiary/aromatic N) is 3. The monoisotopic (exact) mass is 244 g/mol. The fraction of sp³-hybridized carbons (Fsp3) is 0.286. The summed E-state index contributed by atoms with van der Waals surface area (Å²) in [4.78, 5) is 1.26. The van der Waals surface area contributed by atoms with Crippen molar-refractivity contribution in [3.05, 3.63) is 17.1 Å². The van der Waals surface area contributed by atoms with E-state index in [2.05, 4.69) is 19.9 Å². The third-order valence-corrected chi connectivity index (χ3v) is 4.50. The largest absolute Gasteiger partial charge is 0.363 e. The van der Waals surface area contributed by atoms with Gasteiger partial charge in [-0.05, 0) is 17.6 Å². The van der Waals surface area contributed by atoms with Gasteiger partial charge in [0.1, 0.15) is 0 Å². The molecule has 0 fully saturated rings. The number of rotatable bonds is 4. The Kier molecular flexibility index (Phi) is 3.33. The van der Waals surface area contributed by atoms with E-state index in [1.165, 1.54) is 16.4 Å². The molecule has 74 valence electrons. The van der Waals surface area contributed by atoms with Gasteiger partial charge in [0.2, 0.25) is 5.13 Å². The summed E-state index contributed by atoms with van der Waals surface area (Å²) in [5.41, 5.74) is 0. The highest BCUT2D eigenvalue weighted by Gasteiger charge is 2.03. The second-order valence-electron chi connectivity index (χ2n) is 2.39. The molecule has 2 heterocycles. The maximum atomic E-state index is 4.04. The van der Waals surface area contributed by atoms with Gasteiger partial charge < -0.3 is 5.32 Å². The Morgan fingerprint density at radius 1 is 1.50 bits per heavy atom. The van der Waals surface area contributed by atoms with Gasteiger partial charge in [-0.15, -0.1) is 10.2 Å². The molecule has 0 aliphatic carbocycles. The SMILES string of the molecule is CNc1nnc(SCc2ccns2)s1. The maximum Gasteiger partial charge on any atom is 0.206 e. The molecule has 0 unspecified atom stereocenters. The topological polar surface area (TPSA) is 50.7 Å². The van der Waals surface area contributed by atoms with Crippen LogP contribution in [0.25, 0.3) is 0 Å². The minimum absolute atomic E-state index is 0.858. The zero-order valence-corrected chi connectivity index (χ0v) is 9.88. The summed E-state index contributed by atoms with van der Waals surface area (Å²) >= 11 is 4.78. The predicted octanol–water partition coefficient (Wildman–Crippen LogP) is 2.33. The molecule has 0 radical (unpaired) electrons. The quantitative estimate of drug-likeness (QED) is 0.837. The standard InChI is InChI=1S/C7H8N4S3/c1-8-6-10-11-7(13-6)12-4-5-2-3-9-14-5/h2-3H,4H2,1H3,(H,8,10). The van der Waals surface area contributed by atoms with Crippen molar-refractivity contribution in [2.75, 3.05) is 12.4 Å². The molecule has 0 saturated carbocycles. The normalized spacial score (nSPS) is 10.4. The molecule has 0 saturated heterocycles. The second-order valence-corrected chi connectivity index (χ2v) is 5.51. The Labute approximate surface area is 93.9 Å². The van der Waals surface area contributed by atoms with E-state index >= 15 is 0 Å². The Hall–Kier alpha value is -0.660. The molecule has 0 aromatic carbocycles. The number of thioether (sulfide) groups is 1. The van der Waals surface area contributed by atoms with E-state index in [-0.39, 0.29) is 0 Å². The lowest BCUT2D eigenvalue weighted by molar-refractivity contribution is 1.01. The van der Waals surface area contributed by atoms with Crippen molar-refractivity contribution in [2.24, 2.45) is 0 Å². The lowest BCUT2D eigenvalue weighted by Crippen LogP contribution is -1.84. The van der Waals surface area contributed by atoms with Crippen molar-refractivity contribution in [3.63, 3.8) is 0 Å². The Bertz CT molecular complexity index is 383. The van der Waals surface area contributed by atoms with Crippen LogP contribution in [0.1, 0.15) is 4.88 Å². The molecule has 0 aliphatic heterocycles. The number of aromatic nitrogens is 3. The summed E-state index contributed by atoms with van der Waals surface area (Å²) in [7, 11) is 1.85.